The highest BCUT2D eigenvalue weighted by atomic mass is 79.9. The summed E-state index contributed by atoms with van der Waals surface area (Å²) in [5.74, 6) is -1.03. The van der Waals surface area contributed by atoms with Gasteiger partial charge in [0.05, 0.1) is 0 Å². The largest absolute Gasteiger partial charge is 0.313 e. The molecular weight excluding hydrogens is 392 g/mol. The lowest BCUT2D eigenvalue weighted by Gasteiger charge is -2.18. The van der Waals surface area contributed by atoms with E-state index in [1.165, 1.54) is 18.2 Å². The molecule has 2 rings (SSSR count). The molecule has 1 N–H and O–H groups in total. The lowest BCUT2D eigenvalue weighted by atomic mass is 9.98. The zero-order chi connectivity index (χ0) is 14.7. The van der Waals surface area contributed by atoms with E-state index in [9.17, 15) is 8.78 Å². The molecule has 1 unspecified atom stereocenters. The van der Waals surface area contributed by atoms with Crippen molar-refractivity contribution in [2.24, 2.45) is 0 Å². The quantitative estimate of drug-likeness (QED) is 0.756. The van der Waals surface area contributed by atoms with Gasteiger partial charge < -0.3 is 5.32 Å². The van der Waals surface area contributed by atoms with E-state index in [1.54, 1.807) is 7.05 Å². The Bertz CT molecular complexity index is 576. The van der Waals surface area contributed by atoms with Crippen LogP contribution in [0, 0.1) is 11.6 Å². The zero-order valence-electron chi connectivity index (χ0n) is 10.8. The molecule has 0 aromatic heterocycles. The minimum atomic E-state index is -0.515. The minimum absolute atomic E-state index is 0.1000. The molecule has 0 aliphatic rings. The van der Waals surface area contributed by atoms with Gasteiger partial charge in [0.25, 0.3) is 0 Å². The summed E-state index contributed by atoms with van der Waals surface area (Å²) in [7, 11) is 1.78. The second-order valence-electron chi connectivity index (χ2n) is 4.45. The second-order valence-corrected chi connectivity index (χ2v) is 6.28. The first kappa shape index (κ1) is 15.6. The van der Waals surface area contributed by atoms with Gasteiger partial charge in [-0.3, -0.25) is 0 Å². The van der Waals surface area contributed by atoms with Gasteiger partial charge in [-0.25, -0.2) is 8.78 Å². The van der Waals surface area contributed by atoms with Gasteiger partial charge in [-0.2, -0.15) is 0 Å². The Morgan fingerprint density at radius 2 is 1.60 bits per heavy atom. The highest BCUT2D eigenvalue weighted by Gasteiger charge is 2.16. The van der Waals surface area contributed by atoms with Crippen molar-refractivity contribution >= 4 is 31.9 Å². The van der Waals surface area contributed by atoms with Crippen LogP contribution in [0.5, 0.6) is 0 Å². The predicted octanol–water partition coefficient (Wildman–Crippen LogP) is 4.99. The van der Waals surface area contributed by atoms with Gasteiger partial charge in [0.1, 0.15) is 11.6 Å². The fourth-order valence-corrected chi connectivity index (χ4v) is 3.42. The Hall–Kier alpha value is -0.780. The van der Waals surface area contributed by atoms with Gasteiger partial charge in [-0.05, 0) is 49.4 Å². The van der Waals surface area contributed by atoms with E-state index in [-0.39, 0.29) is 18.0 Å². The summed E-state index contributed by atoms with van der Waals surface area (Å²) in [6, 6.07) is 9.55. The molecule has 2 aromatic rings. The average molecular weight is 405 g/mol. The molecule has 0 aliphatic carbocycles. The summed E-state index contributed by atoms with van der Waals surface area (Å²) in [6.07, 6.45) is 0.248. The maximum Gasteiger partial charge on any atom is 0.129 e. The third-order valence-electron chi connectivity index (χ3n) is 3.11. The molecule has 0 heterocycles. The van der Waals surface area contributed by atoms with Crippen LogP contribution < -0.4 is 5.32 Å². The molecule has 0 radical (unpaired) electrons. The molecule has 0 aliphatic heterocycles. The van der Waals surface area contributed by atoms with Crippen LogP contribution in [0.2, 0.25) is 0 Å². The minimum Gasteiger partial charge on any atom is -0.313 e. The van der Waals surface area contributed by atoms with Gasteiger partial charge in [0, 0.05) is 20.6 Å². The van der Waals surface area contributed by atoms with Gasteiger partial charge in [0.2, 0.25) is 0 Å². The van der Waals surface area contributed by atoms with Crippen LogP contribution in [0.25, 0.3) is 0 Å². The Labute approximate surface area is 133 Å². The standard InChI is InChI=1S/C15H13Br2F2N/c1-20-15(9-5-10(16)7-11(17)6-9)8-12-13(18)3-2-4-14(12)19/h2-7,15,20H,8H2,1H3. The zero-order valence-corrected chi connectivity index (χ0v) is 13.9. The summed E-state index contributed by atoms with van der Waals surface area (Å²) in [4.78, 5) is 0. The number of hydrogen-bond acceptors (Lipinski definition) is 1. The molecular formula is C15H13Br2F2N. The van der Waals surface area contributed by atoms with Crippen LogP contribution in [-0.2, 0) is 6.42 Å². The monoisotopic (exact) mass is 403 g/mol. The van der Waals surface area contributed by atoms with Crippen molar-refractivity contribution < 1.29 is 8.78 Å². The molecule has 20 heavy (non-hydrogen) atoms. The third-order valence-corrected chi connectivity index (χ3v) is 4.02. The number of rotatable bonds is 4. The van der Waals surface area contributed by atoms with Crippen molar-refractivity contribution in [3.63, 3.8) is 0 Å². The van der Waals surface area contributed by atoms with Crippen molar-refractivity contribution in [2.45, 2.75) is 12.5 Å². The van der Waals surface area contributed by atoms with Crippen LogP contribution in [0.15, 0.2) is 45.3 Å². The molecule has 0 spiro atoms. The molecule has 5 heteroatoms. The summed E-state index contributed by atoms with van der Waals surface area (Å²) in [6.45, 7) is 0. The van der Waals surface area contributed by atoms with Gasteiger partial charge in [-0.15, -0.1) is 0 Å². The van der Waals surface area contributed by atoms with E-state index in [0.717, 1.165) is 14.5 Å². The Kier molecular flexibility index (Phi) is 5.29. The molecule has 106 valence electrons. The number of benzene rings is 2. The SMILES string of the molecule is CNC(Cc1c(F)cccc1F)c1cc(Br)cc(Br)c1. The molecule has 0 fully saturated rings. The van der Waals surface area contributed by atoms with E-state index < -0.39 is 11.6 Å². The molecule has 1 nitrogen and oxygen atoms in total. The van der Waals surface area contributed by atoms with Gasteiger partial charge in [-0.1, -0.05) is 37.9 Å². The number of nitrogens with one attached hydrogen (secondary N) is 1. The van der Waals surface area contributed by atoms with Gasteiger partial charge >= 0.3 is 0 Å². The van der Waals surface area contributed by atoms with Crippen LogP contribution in [0.3, 0.4) is 0 Å². The van der Waals surface area contributed by atoms with Crippen molar-refractivity contribution in [3.05, 3.63) is 68.1 Å². The van der Waals surface area contributed by atoms with E-state index in [2.05, 4.69) is 37.2 Å². The summed E-state index contributed by atoms with van der Waals surface area (Å²) < 4.78 is 29.3. The van der Waals surface area contributed by atoms with Crippen molar-refractivity contribution in [1.82, 2.24) is 5.32 Å². The normalized spacial score (nSPS) is 12.4. The first-order chi connectivity index (χ1) is 9.51. The van der Waals surface area contributed by atoms with Gasteiger partial charge in [0.15, 0.2) is 0 Å². The van der Waals surface area contributed by atoms with Crippen LogP contribution in [0.4, 0.5) is 8.78 Å². The lowest BCUT2D eigenvalue weighted by molar-refractivity contribution is 0.515. The lowest BCUT2D eigenvalue weighted by Crippen LogP contribution is -2.20. The van der Waals surface area contributed by atoms with Crippen molar-refractivity contribution in [3.8, 4) is 0 Å². The molecule has 2 aromatic carbocycles. The fraction of sp³-hybridized carbons (Fsp3) is 0.200. The third kappa shape index (κ3) is 3.65. The van der Waals surface area contributed by atoms with Crippen LogP contribution in [0.1, 0.15) is 17.2 Å². The van der Waals surface area contributed by atoms with E-state index in [0.29, 0.717) is 0 Å². The Morgan fingerprint density at radius 3 is 2.10 bits per heavy atom. The van der Waals surface area contributed by atoms with E-state index in [4.69, 9.17) is 0 Å². The highest BCUT2D eigenvalue weighted by Crippen LogP contribution is 2.27. The predicted molar refractivity (Wildman–Crippen MR) is 83.7 cm³/mol. The average Bonchev–Trinajstić information content (AvgIpc) is 2.37. The maximum atomic E-state index is 13.7. The molecule has 1 atom stereocenters. The first-order valence-electron chi connectivity index (χ1n) is 6.07. The Balaban J connectivity index is 2.33. The van der Waals surface area contributed by atoms with Crippen molar-refractivity contribution in [2.75, 3.05) is 7.05 Å². The highest BCUT2D eigenvalue weighted by molar-refractivity contribution is 9.11. The van der Waals surface area contributed by atoms with Crippen LogP contribution >= 0.6 is 31.9 Å². The first-order valence-corrected chi connectivity index (χ1v) is 7.66. The Morgan fingerprint density at radius 1 is 1.05 bits per heavy atom. The molecule has 0 saturated heterocycles. The molecule has 0 amide bonds. The molecule has 0 saturated carbocycles. The fourth-order valence-electron chi connectivity index (χ4n) is 2.09. The van der Waals surface area contributed by atoms with Crippen LogP contribution in [-0.4, -0.2) is 7.05 Å². The summed E-state index contributed by atoms with van der Waals surface area (Å²) in [5.41, 5.74) is 1.05. The summed E-state index contributed by atoms with van der Waals surface area (Å²) in [5, 5.41) is 3.10. The maximum absolute atomic E-state index is 13.7. The molecule has 0 bridgehead atoms. The topological polar surface area (TPSA) is 12.0 Å². The second kappa shape index (κ2) is 6.78. The number of hydrogen-bond donors (Lipinski definition) is 1. The smallest absolute Gasteiger partial charge is 0.129 e. The number of likely N-dealkylation sites (N-methyl/N-ethyl adjacent to an activating group) is 1. The number of halogens is 4. The summed E-state index contributed by atoms with van der Waals surface area (Å²) >= 11 is 6.84. The van der Waals surface area contributed by atoms with Crippen molar-refractivity contribution in [1.29, 1.82) is 0 Å². The van der Waals surface area contributed by atoms with E-state index >= 15 is 0 Å². The van der Waals surface area contributed by atoms with E-state index in [1.807, 2.05) is 18.2 Å².